The van der Waals surface area contributed by atoms with Gasteiger partial charge in [-0.05, 0) is 23.9 Å². The van der Waals surface area contributed by atoms with Crippen molar-refractivity contribution in [2.24, 2.45) is 0 Å². The first-order valence-electron chi connectivity index (χ1n) is 5.64. The molecular weight excluding hydrogens is 269 g/mol. The van der Waals surface area contributed by atoms with E-state index in [1.807, 2.05) is 24.4 Å². The molecule has 2 N–H and O–H groups in total. The lowest BCUT2D eigenvalue weighted by Crippen LogP contribution is -1.99. The Hall–Kier alpha value is -1.20. The Morgan fingerprint density at radius 2 is 2.28 bits per heavy atom. The first-order valence-corrected chi connectivity index (χ1v) is 7.33. The van der Waals surface area contributed by atoms with Crippen molar-refractivity contribution < 1.29 is 9.13 Å². The molecule has 2 aromatic rings. The van der Waals surface area contributed by atoms with Crippen LogP contribution in [0.3, 0.4) is 0 Å². The normalized spacial score (nSPS) is 10.6. The molecule has 0 amide bonds. The number of rotatable bonds is 5. The van der Waals surface area contributed by atoms with Gasteiger partial charge in [0.2, 0.25) is 0 Å². The number of benzene rings is 1. The zero-order chi connectivity index (χ0) is 13.0. The van der Waals surface area contributed by atoms with Gasteiger partial charge < -0.3 is 10.5 Å². The van der Waals surface area contributed by atoms with Gasteiger partial charge in [-0.1, -0.05) is 24.8 Å². The largest absolute Gasteiger partial charge is 0.490 e. The summed E-state index contributed by atoms with van der Waals surface area (Å²) < 4.78 is 20.1. The van der Waals surface area contributed by atoms with Crippen LogP contribution in [0.5, 0.6) is 5.75 Å². The van der Waals surface area contributed by atoms with Gasteiger partial charge in [-0.2, -0.15) is 0 Å². The zero-order valence-corrected chi connectivity index (χ0v) is 11.6. The molecule has 18 heavy (non-hydrogen) atoms. The molecule has 0 radical (unpaired) electrons. The highest BCUT2D eigenvalue weighted by Gasteiger charge is 2.10. The molecule has 0 saturated carbocycles. The maximum atomic E-state index is 13.6. The van der Waals surface area contributed by atoms with Gasteiger partial charge in [-0.3, -0.25) is 0 Å². The molecule has 0 fully saturated rings. The molecule has 0 saturated heterocycles. The van der Waals surface area contributed by atoms with E-state index in [0.29, 0.717) is 12.3 Å². The van der Waals surface area contributed by atoms with E-state index in [9.17, 15) is 4.39 Å². The maximum Gasteiger partial charge on any atom is 0.167 e. The van der Waals surface area contributed by atoms with Gasteiger partial charge >= 0.3 is 0 Å². The molecule has 0 bridgehead atoms. The molecule has 0 atom stereocenters. The predicted molar refractivity (Wildman–Crippen MR) is 75.0 cm³/mol. The van der Waals surface area contributed by atoms with E-state index in [4.69, 9.17) is 10.5 Å². The summed E-state index contributed by atoms with van der Waals surface area (Å²) in [6, 6.07) is 6.97. The second kappa shape index (κ2) is 6.11. The third-order valence-corrected chi connectivity index (χ3v) is 4.34. The standard InChI is InChI=1S/C13H14FNOS2/c1-2-5-16-11-8-12(10(15)7-9(11)14)18-13-4-3-6-17-13/h3-4,6-8H,2,5,15H2,1H3. The van der Waals surface area contributed by atoms with Crippen LogP contribution in [-0.4, -0.2) is 6.61 Å². The summed E-state index contributed by atoms with van der Waals surface area (Å²) in [5, 5.41) is 2.00. The van der Waals surface area contributed by atoms with Crippen molar-refractivity contribution in [3.8, 4) is 5.75 Å². The van der Waals surface area contributed by atoms with Gasteiger partial charge in [0.1, 0.15) is 0 Å². The van der Waals surface area contributed by atoms with Gasteiger partial charge in [0.15, 0.2) is 11.6 Å². The van der Waals surface area contributed by atoms with Crippen molar-refractivity contribution in [1.29, 1.82) is 0 Å². The lowest BCUT2D eigenvalue weighted by Gasteiger charge is -2.10. The van der Waals surface area contributed by atoms with Crippen LogP contribution in [0.25, 0.3) is 0 Å². The number of halogens is 1. The molecular formula is C13H14FNOS2. The van der Waals surface area contributed by atoms with Crippen LogP contribution in [0, 0.1) is 5.82 Å². The highest BCUT2D eigenvalue weighted by Crippen LogP contribution is 2.37. The molecule has 0 aliphatic heterocycles. The molecule has 1 heterocycles. The van der Waals surface area contributed by atoms with Crippen LogP contribution in [0.1, 0.15) is 13.3 Å². The highest BCUT2D eigenvalue weighted by molar-refractivity contribution is 8.01. The number of ether oxygens (including phenoxy) is 1. The van der Waals surface area contributed by atoms with Gasteiger partial charge in [0.25, 0.3) is 0 Å². The van der Waals surface area contributed by atoms with E-state index in [1.54, 1.807) is 17.4 Å². The van der Waals surface area contributed by atoms with Gasteiger partial charge in [0.05, 0.1) is 10.8 Å². The number of nitrogen functional groups attached to an aromatic ring is 1. The molecule has 0 aliphatic rings. The third-order valence-electron chi connectivity index (χ3n) is 2.23. The summed E-state index contributed by atoms with van der Waals surface area (Å²) in [6.07, 6.45) is 0.844. The van der Waals surface area contributed by atoms with E-state index < -0.39 is 5.82 Å². The second-order valence-corrected chi connectivity index (χ2v) is 5.99. The second-order valence-electron chi connectivity index (χ2n) is 3.70. The van der Waals surface area contributed by atoms with Crippen molar-refractivity contribution in [3.05, 3.63) is 35.5 Å². The number of hydrogen-bond acceptors (Lipinski definition) is 4. The van der Waals surface area contributed by atoms with Gasteiger partial charge in [-0.15, -0.1) is 11.3 Å². The van der Waals surface area contributed by atoms with Gasteiger partial charge in [0, 0.05) is 16.6 Å². The summed E-state index contributed by atoms with van der Waals surface area (Å²) >= 11 is 3.15. The van der Waals surface area contributed by atoms with Crippen LogP contribution in [-0.2, 0) is 0 Å². The zero-order valence-electron chi connectivity index (χ0n) is 9.98. The van der Waals surface area contributed by atoms with Crippen molar-refractivity contribution in [3.63, 3.8) is 0 Å². The number of nitrogens with two attached hydrogens (primary N) is 1. The molecule has 0 unspecified atom stereocenters. The van der Waals surface area contributed by atoms with Crippen molar-refractivity contribution in [2.45, 2.75) is 22.4 Å². The quantitative estimate of drug-likeness (QED) is 0.826. The smallest absolute Gasteiger partial charge is 0.167 e. The molecule has 2 nitrogen and oxygen atoms in total. The van der Waals surface area contributed by atoms with Crippen LogP contribution in [0.4, 0.5) is 10.1 Å². The highest BCUT2D eigenvalue weighted by atomic mass is 32.2. The van der Waals surface area contributed by atoms with E-state index in [2.05, 4.69) is 0 Å². The molecule has 96 valence electrons. The Morgan fingerprint density at radius 1 is 1.44 bits per heavy atom. The predicted octanol–water partition coefficient (Wildman–Crippen LogP) is 4.41. The average Bonchev–Trinajstić information content (AvgIpc) is 2.84. The van der Waals surface area contributed by atoms with E-state index in [-0.39, 0.29) is 5.75 Å². The lowest BCUT2D eigenvalue weighted by molar-refractivity contribution is 0.300. The summed E-state index contributed by atoms with van der Waals surface area (Å²) in [5.74, 6) is -0.137. The fourth-order valence-corrected chi connectivity index (χ4v) is 3.17. The Balaban J connectivity index is 2.23. The minimum absolute atomic E-state index is 0.269. The fraction of sp³-hybridized carbons (Fsp3) is 0.231. The number of anilines is 1. The fourth-order valence-electron chi connectivity index (χ4n) is 1.39. The van der Waals surface area contributed by atoms with Crippen LogP contribution in [0.2, 0.25) is 0 Å². The summed E-state index contributed by atoms with van der Waals surface area (Å²) in [7, 11) is 0. The van der Waals surface area contributed by atoms with Crippen LogP contribution in [0.15, 0.2) is 38.8 Å². The van der Waals surface area contributed by atoms with Gasteiger partial charge in [-0.25, -0.2) is 4.39 Å². The number of thiophene rings is 1. The molecule has 2 rings (SSSR count). The Labute approximate surface area is 114 Å². The summed E-state index contributed by atoms with van der Waals surface area (Å²) in [4.78, 5) is 0.824. The molecule has 1 aromatic heterocycles. The Morgan fingerprint density at radius 3 is 2.94 bits per heavy atom. The SMILES string of the molecule is CCCOc1cc(Sc2cccs2)c(N)cc1F. The molecule has 0 aliphatic carbocycles. The topological polar surface area (TPSA) is 35.2 Å². The molecule has 0 spiro atoms. The maximum absolute atomic E-state index is 13.6. The van der Waals surface area contributed by atoms with E-state index >= 15 is 0 Å². The first kappa shape index (κ1) is 13.2. The summed E-state index contributed by atoms with van der Waals surface area (Å²) in [6.45, 7) is 2.49. The van der Waals surface area contributed by atoms with Crippen LogP contribution >= 0.6 is 23.1 Å². The number of hydrogen-bond donors (Lipinski definition) is 1. The average molecular weight is 283 g/mol. The minimum Gasteiger partial charge on any atom is -0.490 e. The van der Waals surface area contributed by atoms with E-state index in [0.717, 1.165) is 15.5 Å². The first-order chi connectivity index (χ1) is 8.70. The minimum atomic E-state index is -0.406. The van der Waals surface area contributed by atoms with Crippen molar-refractivity contribution in [2.75, 3.05) is 12.3 Å². The molecule has 1 aromatic carbocycles. The van der Waals surface area contributed by atoms with E-state index in [1.165, 1.54) is 17.8 Å². The van der Waals surface area contributed by atoms with Crippen molar-refractivity contribution >= 4 is 28.8 Å². The Kier molecular flexibility index (Phi) is 4.49. The molecule has 5 heteroatoms. The summed E-state index contributed by atoms with van der Waals surface area (Å²) in [5.41, 5.74) is 6.26. The lowest BCUT2D eigenvalue weighted by atomic mass is 10.3. The monoisotopic (exact) mass is 283 g/mol. The Bertz CT molecular complexity index is 514. The van der Waals surface area contributed by atoms with Crippen molar-refractivity contribution in [1.82, 2.24) is 0 Å². The third kappa shape index (κ3) is 3.17. The van der Waals surface area contributed by atoms with Crippen LogP contribution < -0.4 is 10.5 Å².